The normalized spacial score (nSPS) is 12.7. The number of pyridine rings is 1. The second-order valence-corrected chi connectivity index (χ2v) is 8.95. The number of aryl methyl sites for hydroxylation is 1. The third-order valence-corrected chi connectivity index (χ3v) is 3.35. The molecule has 9 heteroatoms. The van der Waals surface area contributed by atoms with Crippen LogP contribution < -0.4 is 5.32 Å². The van der Waals surface area contributed by atoms with Crippen LogP contribution in [0.5, 0.6) is 0 Å². The van der Waals surface area contributed by atoms with Gasteiger partial charge in [0.2, 0.25) is 3.79 Å². The molecule has 138 valence electrons. The number of ether oxygens (including phenoxy) is 1. The van der Waals surface area contributed by atoms with Gasteiger partial charge in [0, 0.05) is 17.8 Å². The van der Waals surface area contributed by atoms with Gasteiger partial charge < -0.3 is 10.1 Å². The Kier molecular flexibility index (Phi) is 7.65. The lowest BCUT2D eigenvalue weighted by atomic mass is 9.88. The number of alkyl halides is 3. The van der Waals surface area contributed by atoms with Crippen molar-refractivity contribution < 1.29 is 9.53 Å². The average molecular weight is 408 g/mol. The summed E-state index contributed by atoms with van der Waals surface area (Å²) < 4.78 is 3.15. The first-order chi connectivity index (χ1) is 11.4. The Morgan fingerprint density at radius 2 is 1.96 bits per heavy atom. The van der Waals surface area contributed by atoms with E-state index < -0.39 is 16.5 Å². The summed E-state index contributed by atoms with van der Waals surface area (Å²) in [7, 11) is 0. The van der Waals surface area contributed by atoms with Crippen molar-refractivity contribution in [3.63, 3.8) is 0 Å². The third-order valence-electron chi connectivity index (χ3n) is 3.02. The number of amides is 1. The molecule has 0 saturated carbocycles. The first-order valence-corrected chi connectivity index (χ1v) is 8.59. The molecule has 1 rings (SSSR count). The van der Waals surface area contributed by atoms with Crippen molar-refractivity contribution in [1.82, 2.24) is 10.3 Å². The Balaban J connectivity index is 2.93. The van der Waals surface area contributed by atoms with Crippen molar-refractivity contribution in [3.05, 3.63) is 24.0 Å². The van der Waals surface area contributed by atoms with Crippen molar-refractivity contribution in [2.24, 2.45) is 10.4 Å². The van der Waals surface area contributed by atoms with E-state index in [-0.39, 0.29) is 17.7 Å². The number of amidine groups is 1. The van der Waals surface area contributed by atoms with Crippen LogP contribution in [0.1, 0.15) is 32.9 Å². The van der Waals surface area contributed by atoms with E-state index >= 15 is 0 Å². The maximum atomic E-state index is 11.9. The molecule has 0 unspecified atom stereocenters. The van der Waals surface area contributed by atoms with Crippen molar-refractivity contribution in [3.8, 4) is 0 Å². The van der Waals surface area contributed by atoms with E-state index in [0.29, 0.717) is 11.4 Å². The summed E-state index contributed by atoms with van der Waals surface area (Å²) in [5.74, 6) is 0.250. The number of halogens is 3. The van der Waals surface area contributed by atoms with Crippen LogP contribution in [0.25, 0.3) is 0 Å². The molecule has 1 aromatic heterocycles. The largest absolute Gasteiger partial charge is 0.445 e. The molecule has 1 amide bonds. The Morgan fingerprint density at radius 3 is 2.44 bits per heavy atom. The topological polar surface area (TPSA) is 87.4 Å². The maximum absolute atomic E-state index is 11.9. The molecule has 0 aromatic carbocycles. The molecule has 25 heavy (non-hydrogen) atoms. The number of hydrogen-bond donors (Lipinski definition) is 2. The molecule has 0 aliphatic heterocycles. The number of rotatable bonds is 4. The molecular formula is C16H21Cl3N4O2. The van der Waals surface area contributed by atoms with Crippen LogP contribution >= 0.6 is 34.8 Å². The molecule has 0 bridgehead atoms. The van der Waals surface area contributed by atoms with Crippen molar-refractivity contribution in [2.75, 3.05) is 6.61 Å². The summed E-state index contributed by atoms with van der Waals surface area (Å²) in [4.78, 5) is 20.4. The zero-order chi connectivity index (χ0) is 19.3. The number of carbonyl (C=O) groups is 1. The first kappa shape index (κ1) is 21.7. The molecule has 0 radical (unpaired) electrons. The van der Waals surface area contributed by atoms with Gasteiger partial charge in [-0.3, -0.25) is 10.3 Å². The molecule has 2 N–H and O–H groups in total. The van der Waals surface area contributed by atoms with E-state index in [1.54, 1.807) is 18.3 Å². The molecule has 0 fully saturated rings. The number of nitrogens with zero attached hydrogens (tertiary/aromatic N) is 2. The minimum atomic E-state index is -1.70. The minimum absolute atomic E-state index is 0.139. The molecule has 1 aromatic rings. The van der Waals surface area contributed by atoms with Crippen LogP contribution in [0, 0.1) is 17.7 Å². The van der Waals surface area contributed by atoms with Crippen LogP contribution in [-0.2, 0) is 4.74 Å². The summed E-state index contributed by atoms with van der Waals surface area (Å²) in [6, 6.07) is 3.56. The van der Waals surface area contributed by atoms with Crippen LogP contribution in [0.15, 0.2) is 23.3 Å². The predicted molar refractivity (Wildman–Crippen MR) is 103 cm³/mol. The smallest absolute Gasteiger partial charge is 0.412 e. The Labute approximate surface area is 162 Å². The molecule has 0 saturated heterocycles. The van der Waals surface area contributed by atoms with Gasteiger partial charge in [-0.1, -0.05) is 55.6 Å². The lowest BCUT2D eigenvalue weighted by molar-refractivity contribution is 0.154. The number of nitrogens with one attached hydrogen (secondary N) is 2. The summed E-state index contributed by atoms with van der Waals surface area (Å²) >= 11 is 16.7. The fourth-order valence-electron chi connectivity index (χ4n) is 1.53. The van der Waals surface area contributed by atoms with Gasteiger partial charge in [-0.05, 0) is 24.5 Å². The predicted octanol–water partition coefficient (Wildman–Crippen LogP) is 4.97. The van der Waals surface area contributed by atoms with Gasteiger partial charge >= 0.3 is 6.09 Å². The van der Waals surface area contributed by atoms with Crippen molar-refractivity contribution >= 4 is 58.1 Å². The summed E-state index contributed by atoms with van der Waals surface area (Å²) in [6.07, 6.45) is 0.900. The average Bonchev–Trinajstić information content (AvgIpc) is 2.45. The monoisotopic (exact) mass is 406 g/mol. The third kappa shape index (κ3) is 9.05. The van der Waals surface area contributed by atoms with Crippen LogP contribution in [0.2, 0.25) is 0 Å². The molecule has 0 atom stereocenters. The second kappa shape index (κ2) is 8.83. The van der Waals surface area contributed by atoms with E-state index in [1.807, 2.05) is 27.7 Å². The van der Waals surface area contributed by atoms with Gasteiger partial charge in [-0.15, -0.1) is 0 Å². The molecular weight excluding hydrogens is 387 g/mol. The second-order valence-electron chi connectivity index (χ2n) is 6.44. The molecule has 0 aliphatic rings. The first-order valence-electron chi connectivity index (χ1n) is 7.45. The Morgan fingerprint density at radius 1 is 1.32 bits per heavy atom. The van der Waals surface area contributed by atoms with E-state index in [9.17, 15) is 4.79 Å². The van der Waals surface area contributed by atoms with Crippen LogP contribution in [-0.4, -0.2) is 33.0 Å². The highest BCUT2D eigenvalue weighted by molar-refractivity contribution is 6.67. The van der Waals surface area contributed by atoms with Crippen molar-refractivity contribution in [2.45, 2.75) is 37.9 Å². The molecule has 0 spiro atoms. The highest BCUT2D eigenvalue weighted by atomic mass is 35.6. The van der Waals surface area contributed by atoms with E-state index in [1.165, 1.54) is 0 Å². The van der Waals surface area contributed by atoms with Crippen LogP contribution in [0.3, 0.4) is 0 Å². The van der Waals surface area contributed by atoms with Crippen molar-refractivity contribution in [1.29, 1.82) is 5.41 Å². The zero-order valence-electron chi connectivity index (χ0n) is 14.5. The maximum Gasteiger partial charge on any atom is 0.412 e. The van der Waals surface area contributed by atoms with E-state index in [0.717, 1.165) is 5.69 Å². The Hall–Kier alpha value is -1.37. The number of carbonyl (C=O) groups excluding carboxylic acids is 1. The molecule has 6 nitrogen and oxygen atoms in total. The molecule has 0 aliphatic carbocycles. The zero-order valence-corrected chi connectivity index (χ0v) is 16.8. The highest BCUT2D eigenvalue weighted by Crippen LogP contribution is 2.26. The quantitative estimate of drug-likeness (QED) is 0.419. The van der Waals surface area contributed by atoms with Crippen LogP contribution in [0.4, 0.5) is 10.5 Å². The number of aliphatic imine (C=N–C) groups is 1. The summed E-state index contributed by atoms with van der Waals surface area (Å²) in [5.41, 5.74) is 1.42. The number of aromatic nitrogens is 1. The lowest BCUT2D eigenvalue weighted by Crippen LogP contribution is -2.36. The Bertz CT molecular complexity index is 647. The van der Waals surface area contributed by atoms with Gasteiger partial charge in [-0.2, -0.15) is 0 Å². The standard InChI is InChI=1S/C16H21Cl3N4O2/c1-10-5-6-11(8-21-10)22-13(7-12(20)15(2,3)4)23-14(24)25-9-16(17,18)19/h5-6,8,20H,7,9H2,1-4H3,(H,22,23,24). The summed E-state index contributed by atoms with van der Waals surface area (Å²) in [6.45, 7) is 7.17. The summed E-state index contributed by atoms with van der Waals surface area (Å²) in [5, 5.41) is 10.7. The fraction of sp³-hybridized carbons (Fsp3) is 0.500. The van der Waals surface area contributed by atoms with Gasteiger partial charge in [0.05, 0.1) is 11.9 Å². The highest BCUT2D eigenvalue weighted by Gasteiger charge is 2.24. The van der Waals surface area contributed by atoms with Gasteiger partial charge in [-0.25, -0.2) is 9.79 Å². The minimum Gasteiger partial charge on any atom is -0.445 e. The van der Waals surface area contributed by atoms with E-state index in [2.05, 4.69) is 15.3 Å². The van der Waals surface area contributed by atoms with Gasteiger partial charge in [0.1, 0.15) is 12.4 Å². The number of hydrogen-bond acceptors (Lipinski definition) is 5. The number of alkyl carbamates (subject to hydrolysis) is 1. The van der Waals surface area contributed by atoms with Gasteiger partial charge in [0.25, 0.3) is 0 Å². The van der Waals surface area contributed by atoms with Gasteiger partial charge in [0.15, 0.2) is 0 Å². The lowest BCUT2D eigenvalue weighted by Gasteiger charge is -2.21. The fourth-order valence-corrected chi connectivity index (χ4v) is 1.69. The SMILES string of the molecule is Cc1ccc(N=C(CC(=N)C(C)(C)C)NC(=O)OCC(Cl)(Cl)Cl)cn1. The van der Waals surface area contributed by atoms with E-state index in [4.69, 9.17) is 44.9 Å². The molecule has 1 heterocycles.